The van der Waals surface area contributed by atoms with Gasteiger partial charge in [0.15, 0.2) is 0 Å². The fourth-order valence-electron chi connectivity index (χ4n) is 2.66. The van der Waals surface area contributed by atoms with E-state index in [1.54, 1.807) is 4.90 Å². The standard InChI is InChI=1S/C16H17ClN4O2/c17-13-3-1-2-12(8-13)11-20-4-6-21(7-5-20)16(23)14-9-18-10-15(22)19-14/h1-3,8-10H,4-7,11H2,(H,19,22). The molecule has 1 aliphatic rings. The summed E-state index contributed by atoms with van der Waals surface area (Å²) in [5, 5.41) is 0.733. The number of piperazine rings is 1. The molecule has 0 bridgehead atoms. The highest BCUT2D eigenvalue weighted by molar-refractivity contribution is 6.30. The van der Waals surface area contributed by atoms with Crippen LogP contribution in [0, 0.1) is 0 Å². The predicted octanol–water partition coefficient (Wildman–Crippen LogP) is 1.38. The molecule has 1 aromatic heterocycles. The summed E-state index contributed by atoms with van der Waals surface area (Å²) in [7, 11) is 0. The maximum Gasteiger partial charge on any atom is 0.272 e. The first-order valence-electron chi connectivity index (χ1n) is 7.42. The van der Waals surface area contributed by atoms with Crippen molar-refractivity contribution in [3.05, 3.63) is 63.3 Å². The van der Waals surface area contributed by atoms with E-state index in [4.69, 9.17) is 11.6 Å². The lowest BCUT2D eigenvalue weighted by Gasteiger charge is -2.34. The first-order chi connectivity index (χ1) is 11.1. The molecule has 1 saturated heterocycles. The van der Waals surface area contributed by atoms with Crippen LogP contribution in [-0.2, 0) is 6.54 Å². The molecular formula is C16H17ClN4O2. The Bertz CT molecular complexity index is 753. The summed E-state index contributed by atoms with van der Waals surface area (Å²) in [6.45, 7) is 3.62. The van der Waals surface area contributed by atoms with Crippen molar-refractivity contribution in [1.82, 2.24) is 19.8 Å². The zero-order valence-electron chi connectivity index (χ0n) is 12.5. The number of hydrogen-bond acceptors (Lipinski definition) is 4. The third-order valence-corrected chi connectivity index (χ3v) is 4.07. The monoisotopic (exact) mass is 332 g/mol. The minimum Gasteiger partial charge on any atom is -0.335 e. The van der Waals surface area contributed by atoms with Crippen LogP contribution in [0.1, 0.15) is 16.1 Å². The Morgan fingerprint density at radius 1 is 1.22 bits per heavy atom. The maximum atomic E-state index is 12.3. The Hall–Kier alpha value is -2.18. The number of carbonyl (C=O) groups is 1. The highest BCUT2D eigenvalue weighted by Crippen LogP contribution is 2.14. The van der Waals surface area contributed by atoms with Crippen molar-refractivity contribution in [1.29, 1.82) is 0 Å². The number of halogens is 1. The van der Waals surface area contributed by atoms with Gasteiger partial charge in [0.05, 0.1) is 12.4 Å². The van der Waals surface area contributed by atoms with E-state index < -0.39 is 0 Å². The quantitative estimate of drug-likeness (QED) is 0.922. The average Bonchev–Trinajstić information content (AvgIpc) is 2.55. The molecule has 1 N–H and O–H groups in total. The number of rotatable bonds is 3. The summed E-state index contributed by atoms with van der Waals surface area (Å²) >= 11 is 6.00. The number of aromatic amines is 1. The van der Waals surface area contributed by atoms with Gasteiger partial charge in [-0.25, -0.2) is 0 Å². The topological polar surface area (TPSA) is 69.3 Å². The minimum atomic E-state index is -0.365. The molecule has 6 nitrogen and oxygen atoms in total. The lowest BCUT2D eigenvalue weighted by Crippen LogP contribution is -2.48. The van der Waals surface area contributed by atoms with E-state index in [-0.39, 0.29) is 17.2 Å². The Labute approximate surface area is 138 Å². The van der Waals surface area contributed by atoms with E-state index in [0.717, 1.165) is 36.4 Å². The molecule has 1 amide bonds. The fraction of sp³-hybridized carbons (Fsp3) is 0.312. The van der Waals surface area contributed by atoms with Gasteiger partial charge in [0, 0.05) is 37.7 Å². The fourth-order valence-corrected chi connectivity index (χ4v) is 2.87. The Morgan fingerprint density at radius 3 is 2.70 bits per heavy atom. The second kappa shape index (κ2) is 6.93. The van der Waals surface area contributed by atoms with Gasteiger partial charge in [-0.1, -0.05) is 23.7 Å². The Balaban J connectivity index is 1.58. The molecular weight excluding hydrogens is 316 g/mol. The van der Waals surface area contributed by atoms with Crippen LogP contribution in [0.5, 0.6) is 0 Å². The van der Waals surface area contributed by atoms with E-state index in [2.05, 4.69) is 14.9 Å². The van der Waals surface area contributed by atoms with Crippen LogP contribution in [-0.4, -0.2) is 51.9 Å². The van der Waals surface area contributed by atoms with Crippen LogP contribution in [0.15, 0.2) is 41.5 Å². The van der Waals surface area contributed by atoms with Crippen molar-refractivity contribution in [2.24, 2.45) is 0 Å². The van der Waals surface area contributed by atoms with Gasteiger partial charge in [-0.3, -0.25) is 19.5 Å². The van der Waals surface area contributed by atoms with E-state index in [1.165, 1.54) is 6.20 Å². The van der Waals surface area contributed by atoms with Gasteiger partial charge in [0.25, 0.3) is 11.5 Å². The smallest absolute Gasteiger partial charge is 0.272 e. The molecule has 1 fully saturated rings. The third kappa shape index (κ3) is 3.97. The van der Waals surface area contributed by atoms with Crippen molar-refractivity contribution >= 4 is 17.5 Å². The normalized spacial score (nSPS) is 15.6. The van der Waals surface area contributed by atoms with E-state index in [0.29, 0.717) is 13.1 Å². The van der Waals surface area contributed by atoms with Gasteiger partial charge in [0.2, 0.25) is 0 Å². The zero-order chi connectivity index (χ0) is 16.2. The minimum absolute atomic E-state index is 0.183. The SMILES string of the molecule is O=C(c1cncc(=O)[nH]1)N1CCN(Cc2cccc(Cl)c2)CC1. The van der Waals surface area contributed by atoms with Crippen molar-refractivity contribution < 1.29 is 4.79 Å². The highest BCUT2D eigenvalue weighted by Gasteiger charge is 2.22. The first kappa shape index (κ1) is 15.7. The summed E-state index contributed by atoms with van der Waals surface area (Å²) in [6, 6.07) is 7.80. The molecule has 0 unspecified atom stereocenters. The second-order valence-corrected chi connectivity index (χ2v) is 5.94. The van der Waals surface area contributed by atoms with Crippen molar-refractivity contribution in [3.8, 4) is 0 Å². The van der Waals surface area contributed by atoms with Crippen molar-refractivity contribution in [2.75, 3.05) is 26.2 Å². The van der Waals surface area contributed by atoms with Crippen LogP contribution in [0.3, 0.4) is 0 Å². The molecule has 23 heavy (non-hydrogen) atoms. The van der Waals surface area contributed by atoms with Crippen LogP contribution in [0.2, 0.25) is 5.02 Å². The van der Waals surface area contributed by atoms with E-state index >= 15 is 0 Å². The summed E-state index contributed by atoms with van der Waals surface area (Å²) in [4.78, 5) is 33.9. The molecule has 1 aliphatic heterocycles. The van der Waals surface area contributed by atoms with Crippen LogP contribution >= 0.6 is 11.6 Å². The van der Waals surface area contributed by atoms with Gasteiger partial charge < -0.3 is 9.88 Å². The third-order valence-electron chi connectivity index (χ3n) is 3.84. The molecule has 2 aromatic rings. The number of H-pyrrole nitrogens is 1. The number of aromatic nitrogens is 2. The summed E-state index contributed by atoms with van der Waals surface area (Å²) in [6.07, 6.45) is 2.54. The van der Waals surface area contributed by atoms with Crippen LogP contribution < -0.4 is 5.56 Å². The number of carbonyl (C=O) groups excluding carboxylic acids is 1. The zero-order valence-corrected chi connectivity index (χ0v) is 13.3. The van der Waals surface area contributed by atoms with E-state index in [9.17, 15) is 9.59 Å². The van der Waals surface area contributed by atoms with Gasteiger partial charge in [-0.05, 0) is 17.7 Å². The Morgan fingerprint density at radius 2 is 2.00 bits per heavy atom. The number of nitrogens with one attached hydrogen (secondary N) is 1. The average molecular weight is 333 g/mol. The predicted molar refractivity (Wildman–Crippen MR) is 87.5 cm³/mol. The van der Waals surface area contributed by atoms with Gasteiger partial charge in [-0.2, -0.15) is 0 Å². The van der Waals surface area contributed by atoms with Gasteiger partial charge in [0.1, 0.15) is 5.69 Å². The van der Waals surface area contributed by atoms with Gasteiger partial charge >= 0.3 is 0 Å². The van der Waals surface area contributed by atoms with Crippen LogP contribution in [0.4, 0.5) is 0 Å². The largest absolute Gasteiger partial charge is 0.335 e. The lowest BCUT2D eigenvalue weighted by atomic mass is 10.2. The first-order valence-corrected chi connectivity index (χ1v) is 7.80. The van der Waals surface area contributed by atoms with E-state index in [1.807, 2.05) is 24.3 Å². The molecule has 1 aromatic carbocycles. The molecule has 3 rings (SSSR count). The molecule has 0 radical (unpaired) electrons. The highest BCUT2D eigenvalue weighted by atomic mass is 35.5. The van der Waals surface area contributed by atoms with Crippen molar-refractivity contribution in [2.45, 2.75) is 6.54 Å². The summed E-state index contributed by atoms with van der Waals surface area (Å²) in [5.41, 5.74) is 1.03. The molecule has 0 aliphatic carbocycles. The van der Waals surface area contributed by atoms with Crippen LogP contribution in [0.25, 0.3) is 0 Å². The molecule has 0 atom stereocenters. The molecule has 0 spiro atoms. The lowest BCUT2D eigenvalue weighted by molar-refractivity contribution is 0.0622. The summed E-state index contributed by atoms with van der Waals surface area (Å²) < 4.78 is 0. The number of amides is 1. The molecule has 0 saturated carbocycles. The Kier molecular flexibility index (Phi) is 4.73. The number of nitrogens with zero attached hydrogens (tertiary/aromatic N) is 3. The maximum absolute atomic E-state index is 12.3. The van der Waals surface area contributed by atoms with Gasteiger partial charge in [-0.15, -0.1) is 0 Å². The summed E-state index contributed by atoms with van der Waals surface area (Å²) in [5.74, 6) is -0.183. The number of benzene rings is 1. The molecule has 7 heteroatoms. The molecule has 2 heterocycles. The molecule has 120 valence electrons. The van der Waals surface area contributed by atoms with Crippen molar-refractivity contribution in [3.63, 3.8) is 0 Å². The second-order valence-electron chi connectivity index (χ2n) is 5.51. The number of hydrogen-bond donors (Lipinski definition) is 1.